The minimum absolute atomic E-state index is 0.0520. The molecule has 7 heteroatoms. The Morgan fingerprint density at radius 2 is 2.03 bits per heavy atom. The molecule has 3 aliphatic rings. The number of fused-ring (bicyclic) bond motifs is 5. The van der Waals surface area contributed by atoms with Crippen molar-refractivity contribution in [1.82, 2.24) is 9.88 Å². The van der Waals surface area contributed by atoms with Crippen LogP contribution in [0.2, 0.25) is 0 Å². The number of halogens is 1. The fourth-order valence-corrected chi connectivity index (χ4v) is 6.94. The minimum atomic E-state index is -0.925. The average molecular weight is 479 g/mol. The molecule has 1 saturated carbocycles. The van der Waals surface area contributed by atoms with Crippen LogP contribution < -0.4 is 0 Å². The van der Waals surface area contributed by atoms with E-state index >= 15 is 0 Å². The van der Waals surface area contributed by atoms with E-state index in [0.29, 0.717) is 17.4 Å². The largest absolute Gasteiger partial charge is 0.481 e. The van der Waals surface area contributed by atoms with Crippen LogP contribution in [0.3, 0.4) is 0 Å². The molecule has 2 N–H and O–H groups in total. The van der Waals surface area contributed by atoms with Crippen LogP contribution in [0.4, 0.5) is 4.39 Å². The molecule has 5 rings (SSSR count). The number of carbonyl (C=O) groups is 2. The number of aliphatic hydroxyl groups is 1. The van der Waals surface area contributed by atoms with Crippen molar-refractivity contribution in [3.8, 4) is 0 Å². The maximum absolute atomic E-state index is 13.9. The lowest BCUT2D eigenvalue weighted by molar-refractivity contribution is -0.137. The van der Waals surface area contributed by atoms with Crippen molar-refractivity contribution < 1.29 is 24.2 Å². The highest BCUT2D eigenvalue weighted by molar-refractivity contribution is 5.94. The number of allylic oxidation sites excluding steroid dienone is 1. The van der Waals surface area contributed by atoms with Gasteiger partial charge < -0.3 is 15.1 Å². The second-order valence-corrected chi connectivity index (χ2v) is 10.5. The highest BCUT2D eigenvalue weighted by atomic mass is 19.1. The van der Waals surface area contributed by atoms with Crippen molar-refractivity contribution in [3.05, 3.63) is 70.8 Å². The van der Waals surface area contributed by atoms with Crippen LogP contribution in [0.15, 0.2) is 42.7 Å². The number of rotatable bonds is 5. The van der Waals surface area contributed by atoms with Gasteiger partial charge in [0.2, 0.25) is 0 Å². The van der Waals surface area contributed by atoms with Crippen molar-refractivity contribution in [3.63, 3.8) is 0 Å². The molecule has 0 radical (unpaired) electrons. The van der Waals surface area contributed by atoms with E-state index in [1.165, 1.54) is 28.3 Å². The molecule has 0 saturated heterocycles. The first-order chi connectivity index (χ1) is 16.7. The van der Waals surface area contributed by atoms with Gasteiger partial charge in [-0.25, -0.2) is 4.39 Å². The van der Waals surface area contributed by atoms with Crippen LogP contribution in [0.1, 0.15) is 65.6 Å². The summed E-state index contributed by atoms with van der Waals surface area (Å²) in [7, 11) is 1.63. The molecule has 2 aromatic rings. The summed E-state index contributed by atoms with van der Waals surface area (Å²) in [6.45, 7) is 2.37. The number of aryl methyl sites for hydroxylation is 1. The number of aliphatic hydroxyl groups excluding tert-OH is 1. The smallest absolute Gasteiger partial charge is 0.305 e. The first kappa shape index (κ1) is 23.7. The highest BCUT2D eigenvalue weighted by Crippen LogP contribution is 2.63. The second kappa shape index (κ2) is 8.86. The lowest BCUT2D eigenvalue weighted by Crippen LogP contribution is -2.45. The van der Waals surface area contributed by atoms with E-state index in [9.17, 15) is 19.1 Å². The molecule has 0 bridgehead atoms. The van der Waals surface area contributed by atoms with Gasteiger partial charge in [0.25, 0.3) is 5.91 Å². The summed E-state index contributed by atoms with van der Waals surface area (Å²) in [5.41, 5.74) is 4.51. The van der Waals surface area contributed by atoms with Gasteiger partial charge in [0, 0.05) is 31.3 Å². The third kappa shape index (κ3) is 4.05. The number of amides is 1. The molecule has 6 nitrogen and oxygen atoms in total. The van der Waals surface area contributed by atoms with E-state index in [1.807, 2.05) is 18.2 Å². The summed E-state index contributed by atoms with van der Waals surface area (Å²) >= 11 is 0. The Morgan fingerprint density at radius 3 is 2.77 bits per heavy atom. The zero-order valence-electron chi connectivity index (χ0n) is 20.1. The fourth-order valence-electron chi connectivity index (χ4n) is 6.94. The SMILES string of the molecule is CN(CCC(=O)O)C(=O)c1ccc2c(c1)CCC1C2CC[C@]2(C)C(c3cncc(F)c3)=C[C@@H](O)C12. The van der Waals surface area contributed by atoms with Crippen LogP contribution in [0, 0.1) is 23.1 Å². The van der Waals surface area contributed by atoms with Gasteiger partial charge >= 0.3 is 5.97 Å². The van der Waals surface area contributed by atoms with E-state index in [1.54, 1.807) is 13.2 Å². The van der Waals surface area contributed by atoms with E-state index in [4.69, 9.17) is 5.11 Å². The molecule has 0 spiro atoms. The molecular formula is C28H31FN2O4. The highest BCUT2D eigenvalue weighted by Gasteiger charge is 2.55. The Balaban J connectivity index is 1.39. The number of aromatic nitrogens is 1. The lowest BCUT2D eigenvalue weighted by Gasteiger charge is -2.51. The zero-order chi connectivity index (χ0) is 24.9. The number of carboxylic acid groups (broad SMARTS) is 1. The molecular weight excluding hydrogens is 447 g/mol. The van der Waals surface area contributed by atoms with Gasteiger partial charge in [0.05, 0.1) is 18.7 Å². The van der Waals surface area contributed by atoms with Gasteiger partial charge in [0.15, 0.2) is 0 Å². The third-order valence-corrected chi connectivity index (χ3v) is 8.57. The first-order valence-electron chi connectivity index (χ1n) is 12.3. The van der Waals surface area contributed by atoms with Gasteiger partial charge in [-0.3, -0.25) is 14.6 Å². The van der Waals surface area contributed by atoms with Gasteiger partial charge in [-0.15, -0.1) is 0 Å². The van der Waals surface area contributed by atoms with Crippen molar-refractivity contribution >= 4 is 17.4 Å². The summed E-state index contributed by atoms with van der Waals surface area (Å²) < 4.78 is 13.9. The predicted molar refractivity (Wildman–Crippen MR) is 129 cm³/mol. The normalized spacial score (nSPS) is 29.0. The van der Waals surface area contributed by atoms with E-state index in [2.05, 4.69) is 18.0 Å². The molecule has 3 aliphatic carbocycles. The third-order valence-electron chi connectivity index (χ3n) is 8.57. The van der Waals surface area contributed by atoms with Gasteiger partial charge in [-0.1, -0.05) is 19.1 Å². The number of nitrogens with zero attached hydrogens (tertiary/aromatic N) is 2. The molecule has 1 aromatic heterocycles. The first-order valence-corrected chi connectivity index (χ1v) is 12.3. The van der Waals surface area contributed by atoms with Crippen molar-refractivity contribution in [2.45, 2.75) is 51.0 Å². The van der Waals surface area contributed by atoms with Crippen LogP contribution >= 0.6 is 0 Å². The van der Waals surface area contributed by atoms with E-state index in [-0.39, 0.29) is 36.0 Å². The summed E-state index contributed by atoms with van der Waals surface area (Å²) in [6, 6.07) is 7.38. The standard InChI is InChI=1S/C28H31FN2O4/c1-28-9-7-21-20-5-4-17(27(35)31(2)10-8-25(33)34)11-16(20)3-6-22(21)26(28)24(32)13-23(28)18-12-19(29)15-30-14-18/h4-5,11-15,21-22,24,26,32H,3,6-10H2,1-2H3,(H,33,34)/t21?,22?,24-,26?,28-/m1/s1. The summed E-state index contributed by atoms with van der Waals surface area (Å²) in [5, 5.41) is 20.1. The molecule has 1 aromatic carbocycles. The Kier molecular flexibility index (Phi) is 5.99. The monoisotopic (exact) mass is 478 g/mol. The lowest BCUT2D eigenvalue weighted by atomic mass is 9.53. The molecule has 1 fully saturated rings. The zero-order valence-corrected chi connectivity index (χ0v) is 20.1. The number of benzene rings is 1. The summed E-state index contributed by atoms with van der Waals surface area (Å²) in [5.74, 6) is -0.813. The van der Waals surface area contributed by atoms with Crippen molar-refractivity contribution in [2.75, 3.05) is 13.6 Å². The maximum atomic E-state index is 13.9. The fraction of sp³-hybridized carbons (Fsp3) is 0.464. The number of carbonyl (C=O) groups excluding carboxylic acids is 1. The number of hydrogen-bond donors (Lipinski definition) is 2. The number of aliphatic carboxylic acids is 1. The van der Waals surface area contributed by atoms with E-state index < -0.39 is 12.1 Å². The van der Waals surface area contributed by atoms with Crippen LogP contribution in [0.5, 0.6) is 0 Å². The predicted octanol–water partition coefficient (Wildman–Crippen LogP) is 4.29. The second-order valence-electron chi connectivity index (χ2n) is 10.5. The number of pyridine rings is 1. The maximum Gasteiger partial charge on any atom is 0.305 e. The molecule has 3 unspecified atom stereocenters. The van der Waals surface area contributed by atoms with Gasteiger partial charge in [0.1, 0.15) is 5.82 Å². The van der Waals surface area contributed by atoms with Crippen molar-refractivity contribution in [2.24, 2.45) is 17.3 Å². The van der Waals surface area contributed by atoms with Crippen LogP contribution in [-0.2, 0) is 11.2 Å². The van der Waals surface area contributed by atoms with Gasteiger partial charge in [-0.05, 0) is 83.4 Å². The Bertz CT molecular complexity index is 1210. The molecule has 35 heavy (non-hydrogen) atoms. The van der Waals surface area contributed by atoms with Gasteiger partial charge in [-0.2, -0.15) is 0 Å². The number of carboxylic acids is 1. The van der Waals surface area contributed by atoms with Crippen molar-refractivity contribution in [1.29, 1.82) is 0 Å². The molecule has 1 amide bonds. The quantitative estimate of drug-likeness (QED) is 0.669. The Labute approximate surface area is 204 Å². The minimum Gasteiger partial charge on any atom is -0.481 e. The molecule has 0 aliphatic heterocycles. The average Bonchev–Trinajstić information content (AvgIpc) is 3.12. The Morgan fingerprint density at radius 1 is 1.23 bits per heavy atom. The molecule has 5 atom stereocenters. The van der Waals surface area contributed by atoms with Crippen LogP contribution in [0.25, 0.3) is 5.57 Å². The van der Waals surface area contributed by atoms with Crippen LogP contribution in [-0.4, -0.2) is 51.7 Å². The topological polar surface area (TPSA) is 90.7 Å². The Hall–Kier alpha value is -3.06. The summed E-state index contributed by atoms with van der Waals surface area (Å²) in [4.78, 5) is 29.2. The number of hydrogen-bond acceptors (Lipinski definition) is 4. The van der Waals surface area contributed by atoms with E-state index in [0.717, 1.165) is 36.8 Å². The molecule has 1 heterocycles. The summed E-state index contributed by atoms with van der Waals surface area (Å²) in [6.07, 6.45) is 7.72. The molecule has 184 valence electrons.